The Morgan fingerprint density at radius 1 is 0.339 bits per heavy atom. The molecule has 0 spiro atoms. The zero-order valence-electron chi connectivity index (χ0n) is 32.0. The van der Waals surface area contributed by atoms with E-state index in [1.54, 1.807) is 0 Å². The molecule has 0 aliphatic carbocycles. The number of nitrogens with zero attached hydrogens (tertiary/aromatic N) is 1. The Labute approximate surface area is 345 Å². The van der Waals surface area contributed by atoms with E-state index in [-0.39, 0.29) is 0 Å². The lowest BCUT2D eigenvalue weighted by atomic mass is 9.96. The Bertz CT molecular complexity index is 3550. The summed E-state index contributed by atoms with van der Waals surface area (Å²) in [6, 6.07) is 76.8. The van der Waals surface area contributed by atoms with Crippen LogP contribution in [0.2, 0.25) is 0 Å². The van der Waals surface area contributed by atoms with Crippen molar-refractivity contribution in [2.24, 2.45) is 0 Å². The van der Waals surface area contributed by atoms with Crippen LogP contribution in [0, 0.1) is 0 Å². The van der Waals surface area contributed by atoms with Crippen LogP contribution in [-0.4, -0.2) is 0 Å². The van der Waals surface area contributed by atoms with Gasteiger partial charge in [0.1, 0.15) is 5.58 Å². The highest BCUT2D eigenvalue weighted by atomic mass is 32.1. The molecule has 276 valence electrons. The summed E-state index contributed by atoms with van der Waals surface area (Å²) in [5.41, 5.74) is 12.2. The normalized spacial score (nSPS) is 11.7. The Balaban J connectivity index is 1.14. The largest absolute Gasteiger partial charge is 0.453 e. The van der Waals surface area contributed by atoms with Gasteiger partial charge in [0.2, 0.25) is 0 Å². The summed E-state index contributed by atoms with van der Waals surface area (Å²) >= 11 is 1.88. The van der Waals surface area contributed by atoms with Gasteiger partial charge in [0.05, 0.1) is 16.1 Å². The van der Waals surface area contributed by atoms with Gasteiger partial charge in [-0.05, 0) is 85.9 Å². The van der Waals surface area contributed by atoms with Crippen LogP contribution in [0.4, 0.5) is 17.1 Å². The average molecular weight is 770 g/mol. The van der Waals surface area contributed by atoms with Crippen molar-refractivity contribution >= 4 is 92.1 Å². The lowest BCUT2D eigenvalue weighted by Gasteiger charge is -2.27. The van der Waals surface area contributed by atoms with Gasteiger partial charge in [0.15, 0.2) is 5.58 Å². The van der Waals surface area contributed by atoms with Crippen molar-refractivity contribution in [2.75, 3.05) is 4.90 Å². The van der Waals surface area contributed by atoms with Crippen molar-refractivity contribution in [3.05, 3.63) is 212 Å². The van der Waals surface area contributed by atoms with Crippen molar-refractivity contribution in [3.8, 4) is 33.4 Å². The van der Waals surface area contributed by atoms with Gasteiger partial charge in [0, 0.05) is 37.3 Å². The van der Waals surface area contributed by atoms with Crippen LogP contribution in [0.25, 0.3) is 97.0 Å². The van der Waals surface area contributed by atoms with Gasteiger partial charge in [0.25, 0.3) is 0 Å². The first-order chi connectivity index (χ1) is 29.3. The van der Waals surface area contributed by atoms with E-state index in [0.717, 1.165) is 44.4 Å². The molecule has 3 heteroatoms. The zero-order chi connectivity index (χ0) is 38.9. The summed E-state index contributed by atoms with van der Waals surface area (Å²) in [7, 11) is 0. The third kappa shape index (κ3) is 5.47. The molecule has 2 aromatic heterocycles. The third-order valence-corrected chi connectivity index (χ3v) is 13.1. The molecule has 0 N–H and O–H groups in total. The lowest BCUT2D eigenvalue weighted by molar-refractivity contribution is 0.673. The Kier molecular flexibility index (Phi) is 7.75. The molecule has 0 unspecified atom stereocenters. The minimum Gasteiger partial charge on any atom is -0.453 e. The second-order valence-electron chi connectivity index (χ2n) is 15.2. The fourth-order valence-corrected chi connectivity index (χ4v) is 10.4. The zero-order valence-corrected chi connectivity index (χ0v) is 32.8. The van der Waals surface area contributed by atoms with E-state index in [2.05, 4.69) is 217 Å². The van der Waals surface area contributed by atoms with Crippen molar-refractivity contribution in [1.82, 2.24) is 0 Å². The quantitative estimate of drug-likeness (QED) is 0.167. The number of hydrogen-bond acceptors (Lipinski definition) is 3. The van der Waals surface area contributed by atoms with E-state index >= 15 is 0 Å². The monoisotopic (exact) mass is 769 g/mol. The molecule has 2 nitrogen and oxygen atoms in total. The predicted molar refractivity (Wildman–Crippen MR) is 253 cm³/mol. The summed E-state index contributed by atoms with van der Waals surface area (Å²) in [5.74, 6) is 0. The van der Waals surface area contributed by atoms with E-state index < -0.39 is 0 Å². The molecule has 0 saturated carbocycles. The number of rotatable bonds is 6. The number of para-hydroxylation sites is 1. The topological polar surface area (TPSA) is 16.4 Å². The van der Waals surface area contributed by atoms with E-state index in [1.165, 1.54) is 69.7 Å². The SMILES string of the molecule is c1ccc(-c2cccc3c2sc2c(N(c4ccc(-c5ccc6ccccc6c5)cc4)c4cccc5c4oc4c6ccccc6ccc54)ccc(-c4ccccc4)c23)cc1. The van der Waals surface area contributed by atoms with Gasteiger partial charge in [-0.2, -0.15) is 0 Å². The number of anilines is 3. The minimum atomic E-state index is 0.865. The number of thiophene rings is 1. The second kappa shape index (κ2) is 13.6. The minimum absolute atomic E-state index is 0.865. The molecule has 0 aliphatic rings. The van der Waals surface area contributed by atoms with Gasteiger partial charge in [-0.3, -0.25) is 0 Å². The van der Waals surface area contributed by atoms with Gasteiger partial charge in [-0.15, -0.1) is 11.3 Å². The molecule has 12 aromatic rings. The molecule has 0 aliphatic heterocycles. The Morgan fingerprint density at radius 3 is 1.78 bits per heavy atom. The Hall–Kier alpha value is -7.46. The number of fused-ring (bicyclic) bond motifs is 9. The maximum atomic E-state index is 7.06. The van der Waals surface area contributed by atoms with Gasteiger partial charge in [-0.25, -0.2) is 0 Å². The highest BCUT2D eigenvalue weighted by Crippen LogP contribution is 2.52. The summed E-state index contributed by atoms with van der Waals surface area (Å²) in [4.78, 5) is 2.42. The Morgan fingerprint density at radius 2 is 0.966 bits per heavy atom. The molecule has 0 fully saturated rings. The van der Waals surface area contributed by atoms with Crippen molar-refractivity contribution < 1.29 is 4.42 Å². The molecule has 12 rings (SSSR count). The van der Waals surface area contributed by atoms with Crippen LogP contribution < -0.4 is 4.90 Å². The van der Waals surface area contributed by atoms with E-state index in [1.807, 2.05) is 11.3 Å². The van der Waals surface area contributed by atoms with Crippen LogP contribution in [0.1, 0.15) is 0 Å². The van der Waals surface area contributed by atoms with Crippen LogP contribution in [0.3, 0.4) is 0 Å². The summed E-state index contributed by atoms with van der Waals surface area (Å²) in [6.07, 6.45) is 0. The van der Waals surface area contributed by atoms with Crippen molar-refractivity contribution in [2.45, 2.75) is 0 Å². The standard InChI is InChI=1S/C56H35NOS/c1-3-14-38(15-4-1)44-33-34-51(56-52(44)49-23-11-21-46(55(49)59-56)39-16-5-2-6-17-39)57(43-30-27-37(28-31-43)42-26-25-36-13-7-8-19-41(36)35-42)50-24-12-22-47-48-32-29-40-18-9-10-20-45(40)53(48)58-54(47)50/h1-35H. The maximum absolute atomic E-state index is 7.06. The van der Waals surface area contributed by atoms with E-state index in [0.29, 0.717) is 0 Å². The van der Waals surface area contributed by atoms with Crippen LogP contribution >= 0.6 is 11.3 Å². The van der Waals surface area contributed by atoms with E-state index in [9.17, 15) is 0 Å². The third-order valence-electron chi connectivity index (χ3n) is 11.9. The number of hydrogen-bond donors (Lipinski definition) is 0. The predicted octanol–water partition coefficient (Wildman–Crippen LogP) is 16.7. The van der Waals surface area contributed by atoms with Gasteiger partial charge < -0.3 is 9.32 Å². The summed E-state index contributed by atoms with van der Waals surface area (Å²) in [5, 5.41) is 9.49. The van der Waals surface area contributed by atoms with Crippen LogP contribution in [0.5, 0.6) is 0 Å². The molecular formula is C56H35NOS. The molecule has 59 heavy (non-hydrogen) atoms. The molecule has 0 radical (unpaired) electrons. The van der Waals surface area contributed by atoms with E-state index in [4.69, 9.17) is 4.42 Å². The molecule has 0 bridgehead atoms. The maximum Gasteiger partial charge on any atom is 0.159 e. The number of benzene rings is 10. The van der Waals surface area contributed by atoms with Gasteiger partial charge in [-0.1, -0.05) is 176 Å². The second-order valence-corrected chi connectivity index (χ2v) is 16.2. The highest BCUT2D eigenvalue weighted by Gasteiger charge is 2.25. The van der Waals surface area contributed by atoms with Crippen LogP contribution in [0.15, 0.2) is 217 Å². The number of furan rings is 1. The van der Waals surface area contributed by atoms with Crippen molar-refractivity contribution in [1.29, 1.82) is 0 Å². The first kappa shape index (κ1) is 33.7. The first-order valence-electron chi connectivity index (χ1n) is 20.1. The van der Waals surface area contributed by atoms with Gasteiger partial charge >= 0.3 is 0 Å². The van der Waals surface area contributed by atoms with Crippen LogP contribution in [-0.2, 0) is 0 Å². The molecule has 0 saturated heterocycles. The molecule has 0 atom stereocenters. The average Bonchev–Trinajstić information content (AvgIpc) is 3.90. The molecular weight excluding hydrogens is 735 g/mol. The fraction of sp³-hybridized carbons (Fsp3) is 0. The summed E-state index contributed by atoms with van der Waals surface area (Å²) in [6.45, 7) is 0. The first-order valence-corrected chi connectivity index (χ1v) is 20.9. The summed E-state index contributed by atoms with van der Waals surface area (Å²) < 4.78 is 9.56. The van der Waals surface area contributed by atoms with Crippen molar-refractivity contribution in [3.63, 3.8) is 0 Å². The fourth-order valence-electron chi connectivity index (χ4n) is 9.03. The highest BCUT2D eigenvalue weighted by molar-refractivity contribution is 7.27. The molecule has 0 amide bonds. The molecule has 2 heterocycles. The molecule has 10 aromatic carbocycles. The lowest BCUT2D eigenvalue weighted by Crippen LogP contribution is -2.10. The smallest absolute Gasteiger partial charge is 0.159 e.